The monoisotopic (exact) mass is 267 g/mol. The summed E-state index contributed by atoms with van der Waals surface area (Å²) in [5, 5.41) is 22.6. The van der Waals surface area contributed by atoms with Crippen molar-refractivity contribution in [2.75, 3.05) is 11.9 Å². The zero-order valence-corrected chi connectivity index (χ0v) is 10.6. The van der Waals surface area contributed by atoms with Crippen LogP contribution in [0.25, 0.3) is 0 Å². The Morgan fingerprint density at radius 2 is 2.26 bits per heavy atom. The van der Waals surface area contributed by atoms with Crippen LogP contribution in [-0.4, -0.2) is 22.5 Å². The molecule has 4 N–H and O–H groups in total. The minimum absolute atomic E-state index is 0.0835. The van der Waals surface area contributed by atoms with Crippen molar-refractivity contribution in [2.45, 2.75) is 19.8 Å². The number of non-ortho nitro benzene ring substituents is 1. The van der Waals surface area contributed by atoms with Gasteiger partial charge in [0.05, 0.1) is 16.7 Å². The summed E-state index contributed by atoms with van der Waals surface area (Å²) in [6.45, 7) is 2.35. The first kappa shape index (κ1) is 14.9. The van der Waals surface area contributed by atoms with E-state index >= 15 is 0 Å². The fraction of sp³-hybridized carbons (Fsp3) is 0.417. The van der Waals surface area contributed by atoms with Gasteiger partial charge in [-0.05, 0) is 18.5 Å². The molecule has 19 heavy (non-hydrogen) atoms. The molecule has 0 aromatic heterocycles. The highest BCUT2D eigenvalue weighted by molar-refractivity contribution is 5.92. The molecule has 0 spiro atoms. The molecule has 0 bridgehead atoms. The molecule has 0 saturated carbocycles. The number of phenols is 1. The van der Waals surface area contributed by atoms with E-state index in [2.05, 4.69) is 5.32 Å². The van der Waals surface area contributed by atoms with Crippen LogP contribution >= 0.6 is 0 Å². The molecule has 1 amide bonds. The van der Waals surface area contributed by atoms with E-state index in [0.29, 0.717) is 6.54 Å². The van der Waals surface area contributed by atoms with Gasteiger partial charge in [-0.25, -0.2) is 0 Å². The Bertz CT molecular complexity index is 472. The average molecular weight is 267 g/mol. The van der Waals surface area contributed by atoms with E-state index in [1.54, 1.807) is 0 Å². The SMILES string of the molecule is CCC(CN)CC(=O)Nc1ccc([N+](=O)[O-])cc1O. The Hall–Kier alpha value is -2.15. The molecule has 1 unspecified atom stereocenters. The molecule has 0 saturated heterocycles. The molecule has 0 radical (unpaired) electrons. The first-order valence-electron chi connectivity index (χ1n) is 5.95. The highest BCUT2D eigenvalue weighted by Gasteiger charge is 2.14. The number of anilines is 1. The smallest absolute Gasteiger partial charge is 0.273 e. The summed E-state index contributed by atoms with van der Waals surface area (Å²) >= 11 is 0. The number of benzene rings is 1. The van der Waals surface area contributed by atoms with Crippen molar-refractivity contribution in [3.8, 4) is 5.75 Å². The summed E-state index contributed by atoms with van der Waals surface area (Å²) in [5.41, 5.74) is 5.43. The molecule has 1 aromatic carbocycles. The van der Waals surface area contributed by atoms with Gasteiger partial charge in [0.1, 0.15) is 5.75 Å². The molecule has 104 valence electrons. The molecule has 7 heteroatoms. The van der Waals surface area contributed by atoms with Crippen LogP contribution < -0.4 is 11.1 Å². The van der Waals surface area contributed by atoms with E-state index in [0.717, 1.165) is 12.5 Å². The lowest BCUT2D eigenvalue weighted by Crippen LogP contribution is -2.21. The van der Waals surface area contributed by atoms with Crippen LogP contribution in [0.1, 0.15) is 19.8 Å². The number of aromatic hydroxyl groups is 1. The second kappa shape index (κ2) is 6.69. The topological polar surface area (TPSA) is 118 Å². The van der Waals surface area contributed by atoms with Crippen molar-refractivity contribution in [1.29, 1.82) is 0 Å². The van der Waals surface area contributed by atoms with Gasteiger partial charge in [-0.3, -0.25) is 14.9 Å². The van der Waals surface area contributed by atoms with Crippen molar-refractivity contribution >= 4 is 17.3 Å². The van der Waals surface area contributed by atoms with Crippen LogP contribution in [0.4, 0.5) is 11.4 Å². The molecule has 7 nitrogen and oxygen atoms in total. The maximum absolute atomic E-state index is 11.7. The van der Waals surface area contributed by atoms with Crippen molar-refractivity contribution < 1.29 is 14.8 Å². The molecule has 0 aliphatic heterocycles. The van der Waals surface area contributed by atoms with Crippen LogP contribution in [0.15, 0.2) is 18.2 Å². The molecule has 1 rings (SSSR count). The number of nitro groups is 1. The summed E-state index contributed by atoms with van der Waals surface area (Å²) in [6, 6.07) is 3.51. The number of phenolic OH excluding ortho intramolecular Hbond substituents is 1. The van der Waals surface area contributed by atoms with Crippen LogP contribution in [0.3, 0.4) is 0 Å². The molecule has 1 aromatic rings. The van der Waals surface area contributed by atoms with Gasteiger partial charge >= 0.3 is 0 Å². The molecule has 0 aliphatic carbocycles. The lowest BCUT2D eigenvalue weighted by Gasteiger charge is -2.12. The predicted molar refractivity (Wildman–Crippen MR) is 70.8 cm³/mol. The van der Waals surface area contributed by atoms with Crippen molar-refractivity contribution in [2.24, 2.45) is 11.7 Å². The molecule has 1 atom stereocenters. The number of carbonyl (C=O) groups is 1. The zero-order chi connectivity index (χ0) is 14.4. The number of hydrogen-bond acceptors (Lipinski definition) is 5. The summed E-state index contributed by atoms with van der Waals surface area (Å²) in [4.78, 5) is 21.6. The second-order valence-corrected chi connectivity index (χ2v) is 4.22. The Labute approximate surface area is 110 Å². The number of nitrogens with zero attached hydrogens (tertiary/aromatic N) is 1. The van der Waals surface area contributed by atoms with Gasteiger partial charge < -0.3 is 16.2 Å². The van der Waals surface area contributed by atoms with Gasteiger partial charge in [-0.2, -0.15) is 0 Å². The van der Waals surface area contributed by atoms with Gasteiger partial charge in [0.25, 0.3) is 5.69 Å². The van der Waals surface area contributed by atoms with Crippen molar-refractivity contribution in [3.63, 3.8) is 0 Å². The van der Waals surface area contributed by atoms with E-state index in [-0.39, 0.29) is 35.4 Å². The van der Waals surface area contributed by atoms with E-state index in [9.17, 15) is 20.0 Å². The molecular formula is C12H17N3O4. The Kier molecular flexibility index (Phi) is 5.25. The number of carbonyl (C=O) groups excluding carboxylic acids is 1. The molecule has 0 heterocycles. The minimum atomic E-state index is -0.618. The van der Waals surface area contributed by atoms with Crippen LogP contribution in [-0.2, 0) is 4.79 Å². The van der Waals surface area contributed by atoms with Gasteiger partial charge in [0, 0.05) is 12.5 Å². The third-order valence-electron chi connectivity index (χ3n) is 2.85. The molecular weight excluding hydrogens is 250 g/mol. The Balaban J connectivity index is 2.72. The quantitative estimate of drug-likeness (QED) is 0.411. The number of nitrogens with one attached hydrogen (secondary N) is 1. The standard InChI is InChI=1S/C12H17N3O4/c1-2-8(7-13)5-12(17)14-10-4-3-9(15(18)19)6-11(10)16/h3-4,6,8,16H,2,5,7,13H2,1H3,(H,14,17). The van der Waals surface area contributed by atoms with E-state index in [4.69, 9.17) is 5.73 Å². The van der Waals surface area contributed by atoms with Crippen LogP contribution in [0.5, 0.6) is 5.75 Å². The third-order valence-corrected chi connectivity index (χ3v) is 2.85. The fourth-order valence-corrected chi connectivity index (χ4v) is 1.60. The third kappa shape index (κ3) is 4.22. The minimum Gasteiger partial charge on any atom is -0.506 e. The number of hydrogen-bond donors (Lipinski definition) is 3. The van der Waals surface area contributed by atoms with Gasteiger partial charge in [-0.15, -0.1) is 0 Å². The first-order valence-corrected chi connectivity index (χ1v) is 5.95. The lowest BCUT2D eigenvalue weighted by atomic mass is 10.0. The van der Waals surface area contributed by atoms with Gasteiger partial charge in [-0.1, -0.05) is 13.3 Å². The first-order chi connectivity index (χ1) is 8.97. The van der Waals surface area contributed by atoms with Crippen LogP contribution in [0, 0.1) is 16.0 Å². The highest BCUT2D eigenvalue weighted by atomic mass is 16.6. The van der Waals surface area contributed by atoms with E-state index < -0.39 is 4.92 Å². The maximum atomic E-state index is 11.7. The van der Waals surface area contributed by atoms with Crippen LogP contribution in [0.2, 0.25) is 0 Å². The highest BCUT2D eigenvalue weighted by Crippen LogP contribution is 2.28. The zero-order valence-electron chi connectivity index (χ0n) is 10.6. The molecule has 0 fully saturated rings. The van der Waals surface area contributed by atoms with Gasteiger partial charge in [0.2, 0.25) is 5.91 Å². The normalized spacial score (nSPS) is 11.9. The van der Waals surface area contributed by atoms with Crippen molar-refractivity contribution in [3.05, 3.63) is 28.3 Å². The lowest BCUT2D eigenvalue weighted by molar-refractivity contribution is -0.384. The largest absolute Gasteiger partial charge is 0.506 e. The summed E-state index contributed by atoms with van der Waals surface area (Å²) in [5.74, 6) is -0.523. The number of nitrogens with two attached hydrogens (primary N) is 1. The van der Waals surface area contributed by atoms with Crippen molar-refractivity contribution in [1.82, 2.24) is 0 Å². The summed E-state index contributed by atoms with van der Waals surface area (Å²) in [6.07, 6.45) is 1.04. The Morgan fingerprint density at radius 1 is 1.58 bits per heavy atom. The molecule has 0 aliphatic rings. The van der Waals surface area contributed by atoms with E-state index in [1.807, 2.05) is 6.92 Å². The second-order valence-electron chi connectivity index (χ2n) is 4.22. The summed E-state index contributed by atoms with van der Waals surface area (Å²) < 4.78 is 0. The number of rotatable bonds is 6. The fourth-order valence-electron chi connectivity index (χ4n) is 1.60. The number of nitro benzene ring substituents is 1. The average Bonchev–Trinajstić information content (AvgIpc) is 2.38. The summed E-state index contributed by atoms with van der Waals surface area (Å²) in [7, 11) is 0. The van der Waals surface area contributed by atoms with Gasteiger partial charge in [0.15, 0.2) is 0 Å². The van der Waals surface area contributed by atoms with E-state index in [1.165, 1.54) is 12.1 Å². The maximum Gasteiger partial charge on any atom is 0.273 e. The Morgan fingerprint density at radius 3 is 2.74 bits per heavy atom. The number of amides is 1. The predicted octanol–water partition coefficient (Wildman–Crippen LogP) is 1.61.